The molecule has 0 N–H and O–H groups in total. The van der Waals surface area contributed by atoms with E-state index in [1.807, 2.05) is 40.7 Å². The summed E-state index contributed by atoms with van der Waals surface area (Å²) in [5, 5.41) is 0.420. The molecule has 3 aromatic rings. The normalized spacial score (nSPS) is 16.1. The van der Waals surface area contributed by atoms with Crippen molar-refractivity contribution in [2.24, 2.45) is 4.99 Å². The number of hydrogen-bond acceptors (Lipinski definition) is 3. The summed E-state index contributed by atoms with van der Waals surface area (Å²) in [6.45, 7) is 0.909. The molecule has 1 aliphatic heterocycles. The van der Waals surface area contributed by atoms with E-state index in [2.05, 4.69) is 24.3 Å². The highest BCUT2D eigenvalue weighted by Gasteiger charge is 2.22. The van der Waals surface area contributed by atoms with Crippen molar-refractivity contribution in [1.82, 2.24) is 4.57 Å². The van der Waals surface area contributed by atoms with Crippen LogP contribution >= 0.6 is 23.4 Å². The molecule has 28 heavy (non-hydrogen) atoms. The number of aromatic nitrogens is 1. The number of rotatable bonds is 7. The van der Waals surface area contributed by atoms with Gasteiger partial charge in [0.1, 0.15) is 18.1 Å². The van der Waals surface area contributed by atoms with Crippen LogP contribution in [0, 0.1) is 5.82 Å². The van der Waals surface area contributed by atoms with Crippen LogP contribution in [-0.2, 0) is 17.0 Å². The van der Waals surface area contributed by atoms with E-state index in [4.69, 9.17) is 21.3 Å². The van der Waals surface area contributed by atoms with Crippen LogP contribution in [0.15, 0.2) is 71.9 Å². The lowest BCUT2D eigenvalue weighted by molar-refractivity contribution is 0.323. The molecule has 2 aromatic carbocycles. The summed E-state index contributed by atoms with van der Waals surface area (Å²) >= 11 is 8.02. The van der Waals surface area contributed by atoms with Crippen molar-refractivity contribution >= 4 is 29.3 Å². The maximum atomic E-state index is 14.1. The topological polar surface area (TPSA) is 26.5 Å². The minimum absolute atomic E-state index is 0.129. The van der Waals surface area contributed by atoms with Gasteiger partial charge in [-0.25, -0.2) is 9.38 Å². The predicted molar refractivity (Wildman–Crippen MR) is 114 cm³/mol. The van der Waals surface area contributed by atoms with Gasteiger partial charge in [0.2, 0.25) is 5.90 Å². The van der Waals surface area contributed by atoms with Crippen molar-refractivity contribution in [2.75, 3.05) is 12.4 Å². The Hall–Kier alpha value is -2.24. The van der Waals surface area contributed by atoms with Crippen LogP contribution in [0.25, 0.3) is 0 Å². The fourth-order valence-corrected chi connectivity index (χ4v) is 4.34. The molecule has 2 heterocycles. The number of benzene rings is 2. The summed E-state index contributed by atoms with van der Waals surface area (Å²) in [6, 6.07) is 19.1. The third-order valence-electron chi connectivity index (χ3n) is 4.57. The minimum atomic E-state index is -0.309. The molecule has 1 atom stereocenters. The first-order chi connectivity index (χ1) is 13.7. The zero-order valence-corrected chi connectivity index (χ0v) is 16.8. The van der Waals surface area contributed by atoms with Crippen molar-refractivity contribution in [2.45, 2.75) is 18.3 Å². The molecule has 1 aliphatic rings. The molecule has 3 nitrogen and oxygen atoms in total. The summed E-state index contributed by atoms with van der Waals surface area (Å²) < 4.78 is 21.9. The smallest absolute Gasteiger partial charge is 0.233 e. The SMILES string of the molecule is Fc1cccc(Cl)c1Cn1cccc1C1=N[C@@H](CSCc2ccccc2)CO1. The van der Waals surface area contributed by atoms with Gasteiger partial charge in [0.15, 0.2) is 0 Å². The highest BCUT2D eigenvalue weighted by Crippen LogP contribution is 2.23. The Morgan fingerprint density at radius 2 is 1.96 bits per heavy atom. The summed E-state index contributed by atoms with van der Waals surface area (Å²) in [5.74, 6) is 2.17. The second-order valence-electron chi connectivity index (χ2n) is 6.62. The van der Waals surface area contributed by atoms with Crippen LogP contribution in [0.5, 0.6) is 0 Å². The van der Waals surface area contributed by atoms with Crippen LogP contribution < -0.4 is 0 Å². The molecule has 0 saturated carbocycles. The van der Waals surface area contributed by atoms with E-state index in [0.717, 1.165) is 17.2 Å². The van der Waals surface area contributed by atoms with Gasteiger partial charge in [0.05, 0.1) is 12.6 Å². The van der Waals surface area contributed by atoms with E-state index in [1.165, 1.54) is 11.6 Å². The Bertz CT molecular complexity index is 953. The van der Waals surface area contributed by atoms with Gasteiger partial charge in [-0.2, -0.15) is 11.8 Å². The molecule has 0 fully saturated rings. The Morgan fingerprint density at radius 3 is 2.79 bits per heavy atom. The van der Waals surface area contributed by atoms with Crippen molar-refractivity contribution in [3.8, 4) is 0 Å². The second kappa shape index (κ2) is 8.84. The summed E-state index contributed by atoms with van der Waals surface area (Å²) in [4.78, 5) is 4.73. The lowest BCUT2D eigenvalue weighted by atomic mass is 10.2. The molecule has 1 aromatic heterocycles. The Kier molecular flexibility index (Phi) is 6.03. The van der Waals surface area contributed by atoms with E-state index in [-0.39, 0.29) is 11.9 Å². The molecule has 0 radical (unpaired) electrons. The Labute approximate surface area is 173 Å². The summed E-state index contributed by atoms with van der Waals surface area (Å²) in [5.41, 5.74) is 2.62. The Morgan fingerprint density at radius 1 is 1.11 bits per heavy atom. The van der Waals surface area contributed by atoms with Crippen LogP contribution in [-0.4, -0.2) is 28.9 Å². The van der Waals surface area contributed by atoms with Crippen LogP contribution in [0.3, 0.4) is 0 Å². The van der Waals surface area contributed by atoms with E-state index >= 15 is 0 Å². The average Bonchev–Trinajstić information content (AvgIpc) is 3.35. The maximum Gasteiger partial charge on any atom is 0.233 e. The zero-order chi connectivity index (χ0) is 19.3. The van der Waals surface area contributed by atoms with Gasteiger partial charge in [-0.3, -0.25) is 0 Å². The second-order valence-corrected chi connectivity index (χ2v) is 8.06. The molecular formula is C22H20ClFN2OS. The molecule has 0 amide bonds. The molecular weight excluding hydrogens is 395 g/mol. The number of aliphatic imine (C=N–C) groups is 1. The first-order valence-corrected chi connectivity index (χ1v) is 10.6. The molecule has 4 rings (SSSR count). The predicted octanol–water partition coefficient (Wildman–Crippen LogP) is 5.41. The van der Waals surface area contributed by atoms with E-state index in [1.54, 1.807) is 12.1 Å². The number of thioether (sulfide) groups is 1. The quantitative estimate of drug-likeness (QED) is 0.517. The van der Waals surface area contributed by atoms with E-state index in [0.29, 0.717) is 29.6 Å². The highest BCUT2D eigenvalue weighted by molar-refractivity contribution is 7.98. The number of halogens is 2. The average molecular weight is 415 g/mol. The molecule has 6 heteroatoms. The van der Waals surface area contributed by atoms with Gasteiger partial charge in [0, 0.05) is 28.3 Å². The van der Waals surface area contributed by atoms with Crippen LogP contribution in [0.1, 0.15) is 16.8 Å². The number of ether oxygens (including phenoxy) is 1. The van der Waals surface area contributed by atoms with Crippen molar-refractivity contribution in [3.05, 3.63) is 94.5 Å². The fourth-order valence-electron chi connectivity index (χ4n) is 3.13. The standard InChI is InChI=1S/C22H20ClFN2OS/c23-19-8-4-9-20(24)18(19)12-26-11-5-10-21(26)22-25-17(13-27-22)15-28-14-16-6-2-1-3-7-16/h1-11,17H,12-15H2/t17-/m1/s1. The first-order valence-electron chi connectivity index (χ1n) is 9.11. The fraction of sp³-hybridized carbons (Fsp3) is 0.227. The van der Waals surface area contributed by atoms with Gasteiger partial charge in [-0.1, -0.05) is 48.0 Å². The van der Waals surface area contributed by atoms with Crippen LogP contribution in [0.4, 0.5) is 4.39 Å². The monoisotopic (exact) mass is 414 g/mol. The van der Waals surface area contributed by atoms with Crippen molar-refractivity contribution in [3.63, 3.8) is 0 Å². The van der Waals surface area contributed by atoms with Gasteiger partial charge >= 0.3 is 0 Å². The van der Waals surface area contributed by atoms with Gasteiger partial charge in [0.25, 0.3) is 0 Å². The Balaban J connectivity index is 1.41. The summed E-state index contributed by atoms with van der Waals surface area (Å²) in [6.07, 6.45) is 1.89. The third-order valence-corrected chi connectivity index (χ3v) is 6.08. The zero-order valence-electron chi connectivity index (χ0n) is 15.2. The number of nitrogens with zero attached hydrogens (tertiary/aromatic N) is 2. The van der Waals surface area contributed by atoms with E-state index < -0.39 is 0 Å². The first kappa shape index (κ1) is 19.1. The highest BCUT2D eigenvalue weighted by atomic mass is 35.5. The number of hydrogen-bond donors (Lipinski definition) is 0. The molecule has 0 saturated heterocycles. The molecule has 0 bridgehead atoms. The lowest BCUT2D eigenvalue weighted by Gasteiger charge is -2.11. The molecule has 0 aliphatic carbocycles. The third kappa shape index (κ3) is 4.42. The van der Waals surface area contributed by atoms with Crippen molar-refractivity contribution in [1.29, 1.82) is 0 Å². The van der Waals surface area contributed by atoms with Crippen LogP contribution in [0.2, 0.25) is 5.02 Å². The minimum Gasteiger partial charge on any atom is -0.474 e. The van der Waals surface area contributed by atoms with Crippen molar-refractivity contribution < 1.29 is 9.13 Å². The van der Waals surface area contributed by atoms with Gasteiger partial charge in [-0.05, 0) is 29.8 Å². The summed E-state index contributed by atoms with van der Waals surface area (Å²) in [7, 11) is 0. The largest absolute Gasteiger partial charge is 0.474 e. The lowest BCUT2D eigenvalue weighted by Crippen LogP contribution is -2.11. The van der Waals surface area contributed by atoms with Gasteiger partial charge in [-0.15, -0.1) is 0 Å². The molecule has 0 unspecified atom stereocenters. The van der Waals surface area contributed by atoms with Gasteiger partial charge < -0.3 is 9.30 Å². The maximum absolute atomic E-state index is 14.1. The molecule has 144 valence electrons. The van der Waals surface area contributed by atoms with E-state index in [9.17, 15) is 4.39 Å². The molecule has 0 spiro atoms.